The molecule has 4 heteroatoms. The second kappa shape index (κ2) is 11.7. The summed E-state index contributed by atoms with van der Waals surface area (Å²) in [5.41, 5.74) is 13.9. The molecule has 1 aliphatic heterocycles. The quantitative estimate of drug-likeness (QED) is 0.170. The SMILES string of the molecule is C[Si]1(C)c2ccccc2N(c2ccccc2)c2ccc(-c3ccc4c(c3)c3ccccc3n4-c3ccc(-c4cccc5c4oc4ccccc45)cc3)cc21. The van der Waals surface area contributed by atoms with Crippen molar-refractivity contribution in [1.29, 1.82) is 0 Å². The Morgan fingerprint density at radius 1 is 0.426 bits per heavy atom. The lowest BCUT2D eigenvalue weighted by molar-refractivity contribution is 0.670. The van der Waals surface area contributed by atoms with E-state index in [1.54, 1.807) is 0 Å². The Morgan fingerprint density at radius 3 is 1.94 bits per heavy atom. The summed E-state index contributed by atoms with van der Waals surface area (Å²) in [6.45, 7) is 4.99. The molecule has 0 saturated heterocycles. The van der Waals surface area contributed by atoms with E-state index in [2.05, 4.69) is 192 Å². The van der Waals surface area contributed by atoms with E-state index in [1.165, 1.54) is 60.4 Å². The Kier molecular flexibility index (Phi) is 6.70. The van der Waals surface area contributed by atoms with Gasteiger partial charge in [-0.15, -0.1) is 0 Å². The maximum atomic E-state index is 6.38. The van der Waals surface area contributed by atoms with Crippen molar-refractivity contribution >= 4 is 79.3 Å². The second-order valence-electron chi connectivity index (χ2n) is 15.0. The van der Waals surface area contributed by atoms with Crippen LogP contribution < -0.4 is 15.3 Å². The smallest absolute Gasteiger partial charge is 0.143 e. The molecule has 0 bridgehead atoms. The number of para-hydroxylation sites is 5. The van der Waals surface area contributed by atoms with Gasteiger partial charge in [0.05, 0.1) is 11.0 Å². The van der Waals surface area contributed by atoms with Crippen LogP contribution in [0.2, 0.25) is 13.1 Å². The monoisotopic (exact) mass is 708 g/mol. The van der Waals surface area contributed by atoms with Gasteiger partial charge in [0.2, 0.25) is 0 Å². The van der Waals surface area contributed by atoms with Crippen LogP contribution in [0.3, 0.4) is 0 Å². The fraction of sp³-hybridized carbons (Fsp3) is 0.0400. The van der Waals surface area contributed by atoms with Gasteiger partial charge in [-0.2, -0.15) is 0 Å². The summed E-state index contributed by atoms with van der Waals surface area (Å²) in [5.74, 6) is 0. The molecule has 256 valence electrons. The van der Waals surface area contributed by atoms with Gasteiger partial charge >= 0.3 is 0 Å². The molecule has 8 aromatic carbocycles. The van der Waals surface area contributed by atoms with Crippen LogP contribution in [-0.4, -0.2) is 12.6 Å². The highest BCUT2D eigenvalue weighted by molar-refractivity contribution is 7.02. The van der Waals surface area contributed by atoms with E-state index in [0.29, 0.717) is 0 Å². The van der Waals surface area contributed by atoms with Crippen molar-refractivity contribution in [3.8, 4) is 27.9 Å². The standard InChI is InChI=1S/C50H36N2OSi/c1-54(2)48-22-11-9-20-45(48)52(36-13-4-3-5-14-36)46-30-26-35(32-49(46)54)34-25-29-44-42(31-34)39-15-6-8-19-43(39)51(44)37-27-23-33(24-28-37)38-17-12-18-41-40-16-7-10-21-47(40)53-50(38)41/h3-32H,1-2H3. The molecular weight excluding hydrogens is 673 g/mol. The van der Waals surface area contributed by atoms with Gasteiger partial charge in [0.15, 0.2) is 0 Å². The first kappa shape index (κ1) is 31.0. The number of nitrogens with zero attached hydrogens (tertiary/aromatic N) is 2. The molecule has 0 radical (unpaired) electrons. The van der Waals surface area contributed by atoms with E-state index in [-0.39, 0.29) is 0 Å². The zero-order valence-corrected chi connectivity index (χ0v) is 31.1. The van der Waals surface area contributed by atoms with Crippen molar-refractivity contribution in [3.63, 3.8) is 0 Å². The topological polar surface area (TPSA) is 21.3 Å². The van der Waals surface area contributed by atoms with Crippen LogP contribution in [0.4, 0.5) is 17.1 Å². The lowest BCUT2D eigenvalue weighted by Crippen LogP contribution is -2.58. The minimum absolute atomic E-state index is 0.918. The minimum Gasteiger partial charge on any atom is -0.455 e. The van der Waals surface area contributed by atoms with E-state index >= 15 is 0 Å². The summed E-state index contributed by atoms with van der Waals surface area (Å²) >= 11 is 0. The van der Waals surface area contributed by atoms with Crippen molar-refractivity contribution in [2.24, 2.45) is 0 Å². The largest absolute Gasteiger partial charge is 0.455 e. The molecule has 1 aliphatic rings. The Hall–Kier alpha value is -6.62. The lowest BCUT2D eigenvalue weighted by Gasteiger charge is -2.41. The van der Waals surface area contributed by atoms with E-state index in [0.717, 1.165) is 38.8 Å². The summed E-state index contributed by atoms with van der Waals surface area (Å²) in [4.78, 5) is 2.45. The molecule has 10 aromatic rings. The van der Waals surface area contributed by atoms with Crippen LogP contribution in [0.25, 0.3) is 71.7 Å². The highest BCUT2D eigenvalue weighted by Crippen LogP contribution is 2.41. The summed E-state index contributed by atoms with van der Waals surface area (Å²) in [5, 5.41) is 7.73. The number of hydrogen-bond donors (Lipinski definition) is 0. The van der Waals surface area contributed by atoms with Crippen LogP contribution in [0.15, 0.2) is 186 Å². The Morgan fingerprint density at radius 2 is 1.07 bits per heavy atom. The van der Waals surface area contributed by atoms with Gasteiger partial charge < -0.3 is 13.9 Å². The summed E-state index contributed by atoms with van der Waals surface area (Å²) < 4.78 is 8.78. The van der Waals surface area contributed by atoms with Crippen LogP contribution in [0.5, 0.6) is 0 Å². The fourth-order valence-electron chi connectivity index (χ4n) is 8.93. The van der Waals surface area contributed by atoms with Crippen molar-refractivity contribution in [2.45, 2.75) is 13.1 Å². The molecule has 0 spiro atoms. The van der Waals surface area contributed by atoms with Crippen LogP contribution in [0, 0.1) is 0 Å². The zero-order valence-electron chi connectivity index (χ0n) is 30.1. The number of aromatic nitrogens is 1. The summed E-state index contributed by atoms with van der Waals surface area (Å²) in [6, 6.07) is 66.4. The molecule has 0 amide bonds. The molecule has 0 saturated carbocycles. The molecule has 54 heavy (non-hydrogen) atoms. The molecule has 0 fully saturated rings. The average Bonchev–Trinajstić information content (AvgIpc) is 3.77. The Balaban J connectivity index is 1.02. The first-order valence-corrected chi connectivity index (χ1v) is 21.7. The van der Waals surface area contributed by atoms with E-state index in [4.69, 9.17) is 4.42 Å². The normalized spacial score (nSPS) is 13.5. The van der Waals surface area contributed by atoms with Gasteiger partial charge in [0.1, 0.15) is 19.2 Å². The summed E-state index contributed by atoms with van der Waals surface area (Å²) in [6.07, 6.45) is 0. The van der Waals surface area contributed by atoms with Gasteiger partial charge in [-0.3, -0.25) is 0 Å². The lowest BCUT2D eigenvalue weighted by atomic mass is 10.0. The predicted molar refractivity (Wildman–Crippen MR) is 230 cm³/mol. The highest BCUT2D eigenvalue weighted by atomic mass is 28.3. The number of anilines is 3. The molecule has 3 nitrogen and oxygen atoms in total. The van der Waals surface area contributed by atoms with Crippen LogP contribution >= 0.6 is 0 Å². The molecule has 11 rings (SSSR count). The van der Waals surface area contributed by atoms with Gasteiger partial charge in [-0.25, -0.2) is 0 Å². The van der Waals surface area contributed by atoms with Gasteiger partial charge in [-0.05, 0) is 87.7 Å². The molecule has 0 atom stereocenters. The molecule has 0 unspecified atom stereocenters. The van der Waals surface area contributed by atoms with Crippen molar-refractivity contribution in [3.05, 3.63) is 182 Å². The number of furan rings is 1. The van der Waals surface area contributed by atoms with Gasteiger partial charge in [-0.1, -0.05) is 134 Å². The molecule has 2 aromatic heterocycles. The van der Waals surface area contributed by atoms with Crippen LogP contribution in [-0.2, 0) is 0 Å². The first-order chi connectivity index (χ1) is 26.5. The third-order valence-corrected chi connectivity index (χ3v) is 15.1. The van der Waals surface area contributed by atoms with Crippen LogP contribution in [0.1, 0.15) is 0 Å². The highest BCUT2D eigenvalue weighted by Gasteiger charge is 2.38. The zero-order chi connectivity index (χ0) is 36.0. The van der Waals surface area contributed by atoms with E-state index < -0.39 is 8.07 Å². The number of benzene rings is 8. The van der Waals surface area contributed by atoms with Gasteiger partial charge in [0, 0.05) is 49.9 Å². The Labute approximate surface area is 315 Å². The Bertz CT molecular complexity index is 3080. The average molecular weight is 709 g/mol. The number of hydrogen-bond acceptors (Lipinski definition) is 2. The maximum Gasteiger partial charge on any atom is 0.143 e. The third-order valence-electron chi connectivity index (χ3n) is 11.6. The molecule has 0 N–H and O–H groups in total. The summed E-state index contributed by atoms with van der Waals surface area (Å²) in [7, 11) is -2.01. The van der Waals surface area contributed by atoms with Crippen molar-refractivity contribution < 1.29 is 4.42 Å². The number of rotatable bonds is 4. The van der Waals surface area contributed by atoms with E-state index in [9.17, 15) is 0 Å². The van der Waals surface area contributed by atoms with Gasteiger partial charge in [0.25, 0.3) is 0 Å². The number of fused-ring (bicyclic) bond motifs is 8. The third kappa shape index (κ3) is 4.53. The second-order valence-corrected chi connectivity index (χ2v) is 19.3. The molecule has 3 heterocycles. The predicted octanol–water partition coefficient (Wildman–Crippen LogP) is 12.6. The maximum absolute atomic E-state index is 6.38. The van der Waals surface area contributed by atoms with Crippen molar-refractivity contribution in [1.82, 2.24) is 4.57 Å². The molecular formula is C50H36N2OSi. The fourth-order valence-corrected chi connectivity index (χ4v) is 11.9. The first-order valence-electron chi connectivity index (χ1n) is 18.7. The van der Waals surface area contributed by atoms with Crippen molar-refractivity contribution in [2.75, 3.05) is 4.90 Å². The minimum atomic E-state index is -2.01. The molecule has 0 aliphatic carbocycles. The van der Waals surface area contributed by atoms with E-state index in [1.807, 2.05) is 12.1 Å².